The molecule has 0 radical (unpaired) electrons. The normalized spacial score (nSPS) is 25.9. The maximum atomic E-state index is 13.0. The molecule has 0 aliphatic heterocycles. The number of aromatic nitrogens is 3. The van der Waals surface area contributed by atoms with Crippen molar-refractivity contribution in [2.24, 2.45) is 23.2 Å². The standard InChI is InChI=1S/C30H37N5OS/c1-3-4-5-20-6-8-24(9-7-20)35-33-26-10-19(2)25(14-27(26)34-35)31-29(37)32-28(36)18-30-15-21-11-22(16-30)13-23(12-21)17-30/h6-10,14,21-23H,3-5,11-13,15-18H2,1-2H3,(H2,31,32,36,37). The molecule has 4 fully saturated rings. The Morgan fingerprint density at radius 2 is 1.65 bits per heavy atom. The number of thiocarbonyl (C=S) groups is 1. The molecule has 2 aromatic carbocycles. The Labute approximate surface area is 224 Å². The lowest BCUT2D eigenvalue weighted by Gasteiger charge is -2.56. The van der Waals surface area contributed by atoms with Gasteiger partial charge in [0.05, 0.1) is 5.69 Å². The first kappa shape index (κ1) is 24.5. The van der Waals surface area contributed by atoms with Crippen LogP contribution < -0.4 is 10.6 Å². The Morgan fingerprint density at radius 1 is 1.03 bits per heavy atom. The Bertz CT molecular complexity index is 1290. The second-order valence-corrected chi connectivity index (χ2v) is 12.4. The van der Waals surface area contributed by atoms with Crippen LogP contribution in [0.4, 0.5) is 5.69 Å². The molecule has 6 nitrogen and oxygen atoms in total. The minimum absolute atomic E-state index is 0.0477. The number of carbonyl (C=O) groups excluding carboxylic acids is 1. The summed E-state index contributed by atoms with van der Waals surface area (Å²) in [5.41, 5.74) is 5.94. The molecule has 0 spiro atoms. The zero-order chi connectivity index (χ0) is 25.6. The molecule has 0 saturated heterocycles. The zero-order valence-electron chi connectivity index (χ0n) is 21.9. The highest BCUT2D eigenvalue weighted by Crippen LogP contribution is 2.61. The summed E-state index contributed by atoms with van der Waals surface area (Å²) < 4.78 is 0. The summed E-state index contributed by atoms with van der Waals surface area (Å²) in [4.78, 5) is 14.7. The molecule has 1 heterocycles. The van der Waals surface area contributed by atoms with Gasteiger partial charge in [-0.1, -0.05) is 25.5 Å². The van der Waals surface area contributed by atoms with Gasteiger partial charge in [0.1, 0.15) is 11.0 Å². The average Bonchev–Trinajstić information content (AvgIpc) is 3.24. The number of rotatable bonds is 7. The van der Waals surface area contributed by atoms with Gasteiger partial charge in [0.2, 0.25) is 5.91 Å². The molecular formula is C30H37N5OS. The highest BCUT2D eigenvalue weighted by molar-refractivity contribution is 7.80. The Balaban J connectivity index is 1.11. The fourth-order valence-corrected chi connectivity index (χ4v) is 7.89. The molecule has 1 amide bonds. The molecule has 7 rings (SSSR count). The van der Waals surface area contributed by atoms with E-state index in [9.17, 15) is 4.79 Å². The third-order valence-electron chi connectivity index (χ3n) is 8.91. The van der Waals surface area contributed by atoms with E-state index >= 15 is 0 Å². The molecule has 4 aliphatic rings. The van der Waals surface area contributed by atoms with Gasteiger partial charge in [-0.25, -0.2) is 0 Å². The van der Waals surface area contributed by atoms with Crippen LogP contribution in [-0.2, 0) is 11.2 Å². The molecule has 4 bridgehead atoms. The molecule has 2 N–H and O–H groups in total. The van der Waals surface area contributed by atoms with Gasteiger partial charge in [0.15, 0.2) is 5.11 Å². The molecule has 37 heavy (non-hydrogen) atoms. The number of nitrogens with zero attached hydrogens (tertiary/aromatic N) is 3. The third kappa shape index (κ3) is 5.15. The van der Waals surface area contributed by atoms with Gasteiger partial charge in [0, 0.05) is 12.1 Å². The predicted octanol–water partition coefficient (Wildman–Crippen LogP) is 6.49. The number of hydrogen-bond donors (Lipinski definition) is 2. The van der Waals surface area contributed by atoms with E-state index in [0.717, 1.165) is 52.1 Å². The van der Waals surface area contributed by atoms with Crippen molar-refractivity contribution in [2.45, 2.75) is 78.1 Å². The highest BCUT2D eigenvalue weighted by Gasteiger charge is 2.51. The molecule has 7 heteroatoms. The summed E-state index contributed by atoms with van der Waals surface area (Å²) in [5, 5.41) is 15.9. The molecule has 0 atom stereocenters. The van der Waals surface area contributed by atoms with Gasteiger partial charge in [-0.2, -0.15) is 4.80 Å². The van der Waals surface area contributed by atoms with Crippen molar-refractivity contribution in [1.82, 2.24) is 20.3 Å². The maximum Gasteiger partial charge on any atom is 0.226 e. The third-order valence-corrected chi connectivity index (χ3v) is 9.12. The van der Waals surface area contributed by atoms with Gasteiger partial charge in [-0.15, -0.1) is 10.2 Å². The van der Waals surface area contributed by atoms with E-state index < -0.39 is 0 Å². The van der Waals surface area contributed by atoms with Crippen molar-refractivity contribution in [1.29, 1.82) is 0 Å². The lowest BCUT2D eigenvalue weighted by Crippen LogP contribution is -2.48. The van der Waals surface area contributed by atoms with Crippen molar-refractivity contribution in [3.63, 3.8) is 0 Å². The first-order valence-electron chi connectivity index (χ1n) is 14.0. The molecule has 1 aromatic heterocycles. The van der Waals surface area contributed by atoms with Crippen molar-refractivity contribution in [2.75, 3.05) is 5.32 Å². The van der Waals surface area contributed by atoms with Gasteiger partial charge in [0.25, 0.3) is 0 Å². The SMILES string of the molecule is CCCCc1ccc(-n2nc3cc(C)c(NC(=S)NC(=O)CC45CC6CC(CC(C6)C4)C5)cc3n2)cc1. The summed E-state index contributed by atoms with van der Waals surface area (Å²) in [7, 11) is 0. The van der Waals surface area contributed by atoms with E-state index in [1.807, 2.05) is 19.1 Å². The smallest absolute Gasteiger partial charge is 0.226 e. The number of hydrogen-bond acceptors (Lipinski definition) is 4. The van der Waals surface area contributed by atoms with Gasteiger partial charge in [-0.3, -0.25) is 4.79 Å². The van der Waals surface area contributed by atoms with E-state index in [2.05, 4.69) is 46.9 Å². The van der Waals surface area contributed by atoms with Crippen molar-refractivity contribution < 1.29 is 4.79 Å². The largest absolute Gasteiger partial charge is 0.332 e. The van der Waals surface area contributed by atoms with E-state index in [1.165, 1.54) is 56.9 Å². The second kappa shape index (κ2) is 9.82. The van der Waals surface area contributed by atoms with Crippen LogP contribution in [0.2, 0.25) is 0 Å². The van der Waals surface area contributed by atoms with Crippen LogP contribution in [0.1, 0.15) is 75.8 Å². The lowest BCUT2D eigenvalue weighted by atomic mass is 9.49. The number of carbonyl (C=O) groups is 1. The van der Waals surface area contributed by atoms with E-state index in [0.29, 0.717) is 11.5 Å². The van der Waals surface area contributed by atoms with Crippen LogP contribution in [0.15, 0.2) is 36.4 Å². The molecular weight excluding hydrogens is 478 g/mol. The van der Waals surface area contributed by atoms with Crippen LogP contribution >= 0.6 is 12.2 Å². The van der Waals surface area contributed by atoms with Crippen LogP contribution in [0.3, 0.4) is 0 Å². The molecule has 0 unspecified atom stereocenters. The summed E-state index contributed by atoms with van der Waals surface area (Å²) in [6.07, 6.45) is 11.9. The minimum atomic E-state index is 0.0477. The summed E-state index contributed by atoms with van der Waals surface area (Å²) in [5.74, 6) is 2.56. The van der Waals surface area contributed by atoms with Gasteiger partial charge >= 0.3 is 0 Å². The number of nitrogens with one attached hydrogen (secondary N) is 2. The van der Waals surface area contributed by atoms with Crippen LogP contribution in [0.5, 0.6) is 0 Å². The Hall–Kier alpha value is -2.80. The number of aryl methyl sites for hydroxylation is 2. The fraction of sp³-hybridized carbons (Fsp3) is 0.533. The number of anilines is 1. The first-order chi connectivity index (χ1) is 17.9. The predicted molar refractivity (Wildman–Crippen MR) is 152 cm³/mol. The molecule has 4 saturated carbocycles. The second-order valence-electron chi connectivity index (χ2n) is 12.0. The van der Waals surface area contributed by atoms with Crippen LogP contribution in [-0.4, -0.2) is 26.0 Å². The first-order valence-corrected chi connectivity index (χ1v) is 14.4. The molecule has 4 aliphatic carbocycles. The van der Waals surface area contributed by atoms with Crippen molar-refractivity contribution in [3.8, 4) is 5.69 Å². The number of fused-ring (bicyclic) bond motifs is 1. The van der Waals surface area contributed by atoms with E-state index in [4.69, 9.17) is 17.3 Å². The quantitative estimate of drug-likeness (QED) is 0.352. The summed E-state index contributed by atoms with van der Waals surface area (Å²) in [6.45, 7) is 4.23. The molecule has 194 valence electrons. The van der Waals surface area contributed by atoms with Crippen molar-refractivity contribution in [3.05, 3.63) is 47.5 Å². The number of benzene rings is 2. The van der Waals surface area contributed by atoms with Crippen molar-refractivity contribution >= 4 is 40.0 Å². The average molecular weight is 516 g/mol. The monoisotopic (exact) mass is 515 g/mol. The molecule has 3 aromatic rings. The minimum Gasteiger partial charge on any atom is -0.332 e. The van der Waals surface area contributed by atoms with Gasteiger partial charge in [-0.05, 0) is 129 Å². The van der Waals surface area contributed by atoms with E-state index in [1.54, 1.807) is 4.80 Å². The van der Waals surface area contributed by atoms with Crippen LogP contribution in [0.25, 0.3) is 16.7 Å². The Morgan fingerprint density at radius 3 is 2.27 bits per heavy atom. The number of amides is 1. The van der Waals surface area contributed by atoms with E-state index in [-0.39, 0.29) is 11.3 Å². The maximum absolute atomic E-state index is 13.0. The lowest BCUT2D eigenvalue weighted by molar-refractivity contribution is -0.127. The number of unbranched alkanes of at least 4 members (excludes halogenated alkanes) is 1. The highest BCUT2D eigenvalue weighted by atomic mass is 32.1. The summed E-state index contributed by atoms with van der Waals surface area (Å²) in [6, 6.07) is 12.4. The zero-order valence-corrected chi connectivity index (χ0v) is 22.7. The van der Waals surface area contributed by atoms with Crippen LogP contribution in [0, 0.1) is 30.1 Å². The Kier molecular flexibility index (Phi) is 6.51. The fourth-order valence-electron chi connectivity index (χ4n) is 7.67. The summed E-state index contributed by atoms with van der Waals surface area (Å²) >= 11 is 5.54. The topological polar surface area (TPSA) is 71.8 Å². The van der Waals surface area contributed by atoms with Gasteiger partial charge < -0.3 is 10.6 Å².